The third-order valence-corrected chi connectivity index (χ3v) is 5.81. The molecule has 0 aromatic heterocycles. The maximum Gasteiger partial charge on any atom is 0.261 e. The number of nitrogens with zero attached hydrogens (tertiary/aromatic N) is 1. The van der Waals surface area contributed by atoms with E-state index in [0.717, 1.165) is 6.42 Å². The number of rotatable bonds is 10. The molecule has 0 aliphatic rings. The molecule has 2 aromatic carbocycles. The van der Waals surface area contributed by atoms with E-state index in [1.54, 1.807) is 30.3 Å². The van der Waals surface area contributed by atoms with E-state index >= 15 is 0 Å². The largest absolute Gasteiger partial charge is 0.482 e. The first-order chi connectivity index (χ1) is 14.8. The quantitative estimate of drug-likeness (QED) is 0.430. The number of carbonyl (C=O) groups is 2. The van der Waals surface area contributed by atoms with Crippen molar-refractivity contribution in [3.8, 4) is 5.75 Å². The molecule has 5 nitrogen and oxygen atoms in total. The second-order valence-corrected chi connectivity index (χ2v) is 8.46. The summed E-state index contributed by atoms with van der Waals surface area (Å²) < 4.78 is 5.61. The van der Waals surface area contributed by atoms with Gasteiger partial charge in [0.1, 0.15) is 11.8 Å². The van der Waals surface area contributed by atoms with E-state index in [1.165, 1.54) is 11.0 Å². The average Bonchev–Trinajstić information content (AvgIpc) is 2.73. The monoisotopic (exact) mass is 504 g/mol. The summed E-state index contributed by atoms with van der Waals surface area (Å²) in [5, 5.41) is 4.41. The fourth-order valence-electron chi connectivity index (χ4n) is 2.95. The molecule has 0 radical (unpaired) electrons. The summed E-state index contributed by atoms with van der Waals surface area (Å²) >= 11 is 24.7. The molecule has 0 aliphatic heterocycles. The highest BCUT2D eigenvalue weighted by Crippen LogP contribution is 2.29. The first-order valence-electron chi connectivity index (χ1n) is 9.86. The van der Waals surface area contributed by atoms with E-state index in [4.69, 9.17) is 51.1 Å². The van der Waals surface area contributed by atoms with Crippen molar-refractivity contribution >= 4 is 58.2 Å². The Labute approximate surface area is 202 Å². The highest BCUT2D eigenvalue weighted by Gasteiger charge is 2.30. The van der Waals surface area contributed by atoms with Gasteiger partial charge in [-0.15, -0.1) is 0 Å². The van der Waals surface area contributed by atoms with Crippen LogP contribution in [0, 0.1) is 0 Å². The summed E-state index contributed by atoms with van der Waals surface area (Å²) in [6, 6.07) is 9.10. The highest BCUT2D eigenvalue weighted by molar-refractivity contribution is 6.36. The molecule has 0 fully saturated rings. The Morgan fingerprint density at radius 2 is 1.71 bits per heavy atom. The topological polar surface area (TPSA) is 58.6 Å². The second kappa shape index (κ2) is 12.4. The lowest BCUT2D eigenvalue weighted by molar-refractivity contribution is -0.143. The van der Waals surface area contributed by atoms with Crippen LogP contribution in [-0.2, 0) is 16.1 Å². The number of halogens is 4. The summed E-state index contributed by atoms with van der Waals surface area (Å²) in [5.41, 5.74) is 0.561. The molecule has 168 valence electrons. The molecule has 9 heteroatoms. The molecular formula is C22H24Cl4N2O3. The molecule has 31 heavy (non-hydrogen) atoms. The van der Waals surface area contributed by atoms with E-state index in [-0.39, 0.29) is 24.1 Å². The molecule has 2 rings (SSSR count). The van der Waals surface area contributed by atoms with Crippen molar-refractivity contribution in [1.29, 1.82) is 0 Å². The molecule has 0 bridgehead atoms. The fraction of sp³-hybridized carbons (Fsp3) is 0.364. The smallest absolute Gasteiger partial charge is 0.261 e. The van der Waals surface area contributed by atoms with Crippen LogP contribution in [0.5, 0.6) is 5.75 Å². The molecule has 1 N–H and O–H groups in total. The van der Waals surface area contributed by atoms with Gasteiger partial charge in [-0.1, -0.05) is 66.3 Å². The lowest BCUT2D eigenvalue weighted by Crippen LogP contribution is -2.50. The molecule has 0 spiro atoms. The van der Waals surface area contributed by atoms with Gasteiger partial charge in [-0.25, -0.2) is 0 Å². The van der Waals surface area contributed by atoms with Crippen LogP contribution >= 0.6 is 46.4 Å². The van der Waals surface area contributed by atoms with Crippen molar-refractivity contribution in [1.82, 2.24) is 10.2 Å². The van der Waals surface area contributed by atoms with E-state index in [0.29, 0.717) is 39.3 Å². The van der Waals surface area contributed by atoms with Gasteiger partial charge in [-0.2, -0.15) is 0 Å². The van der Waals surface area contributed by atoms with Crippen LogP contribution in [0.15, 0.2) is 36.4 Å². The minimum absolute atomic E-state index is 0.0626. The number of amides is 2. The van der Waals surface area contributed by atoms with E-state index in [2.05, 4.69) is 5.32 Å². The number of carbonyl (C=O) groups excluding carboxylic acids is 2. The molecule has 0 saturated heterocycles. The van der Waals surface area contributed by atoms with Gasteiger partial charge in [0.2, 0.25) is 5.91 Å². The maximum atomic E-state index is 13.2. The zero-order chi connectivity index (χ0) is 23.0. The summed E-state index contributed by atoms with van der Waals surface area (Å²) in [4.78, 5) is 27.4. The van der Waals surface area contributed by atoms with E-state index < -0.39 is 11.9 Å². The van der Waals surface area contributed by atoms with Crippen LogP contribution in [-0.4, -0.2) is 35.9 Å². The summed E-state index contributed by atoms with van der Waals surface area (Å²) in [7, 11) is 0. The normalized spacial score (nSPS) is 11.7. The maximum absolute atomic E-state index is 13.2. The molecule has 0 saturated carbocycles. The molecular weight excluding hydrogens is 482 g/mol. The van der Waals surface area contributed by atoms with Gasteiger partial charge in [0.25, 0.3) is 5.91 Å². The van der Waals surface area contributed by atoms with Gasteiger partial charge in [0, 0.05) is 33.7 Å². The third-order valence-electron chi connectivity index (χ3n) is 4.57. The second-order valence-electron chi connectivity index (χ2n) is 6.80. The molecule has 1 atom stereocenters. The molecule has 0 heterocycles. The van der Waals surface area contributed by atoms with Crippen LogP contribution < -0.4 is 10.1 Å². The summed E-state index contributed by atoms with van der Waals surface area (Å²) in [5.74, 6) is -0.329. The lowest BCUT2D eigenvalue weighted by Gasteiger charge is -2.31. The summed E-state index contributed by atoms with van der Waals surface area (Å²) in [6.45, 7) is 4.05. The van der Waals surface area contributed by atoms with Crippen molar-refractivity contribution < 1.29 is 14.3 Å². The predicted molar refractivity (Wildman–Crippen MR) is 126 cm³/mol. The molecule has 2 amide bonds. The van der Waals surface area contributed by atoms with Gasteiger partial charge in [0.05, 0.1) is 5.02 Å². The minimum Gasteiger partial charge on any atom is -0.482 e. The number of hydrogen-bond donors (Lipinski definition) is 1. The number of ether oxygens (including phenoxy) is 1. The van der Waals surface area contributed by atoms with E-state index in [1.807, 2.05) is 13.8 Å². The first-order valence-corrected chi connectivity index (χ1v) is 11.4. The van der Waals surface area contributed by atoms with Crippen molar-refractivity contribution in [3.63, 3.8) is 0 Å². The predicted octanol–water partition coefficient (Wildman–Crippen LogP) is 6.01. The van der Waals surface area contributed by atoms with Gasteiger partial charge < -0.3 is 15.0 Å². The first kappa shape index (κ1) is 25.6. The Bertz CT molecular complexity index is 903. The van der Waals surface area contributed by atoms with Gasteiger partial charge in [-0.05, 0) is 43.2 Å². The van der Waals surface area contributed by atoms with Crippen molar-refractivity contribution in [2.75, 3.05) is 13.2 Å². The SMILES string of the molecule is CCCNC(=O)[C@@H](CC)N(Cc1c(Cl)cccc1Cl)C(=O)COc1ccc(Cl)cc1Cl. The molecule has 0 aliphatic carbocycles. The van der Waals surface area contributed by atoms with Crippen molar-refractivity contribution in [3.05, 3.63) is 62.1 Å². The molecule has 2 aromatic rings. The zero-order valence-corrected chi connectivity index (χ0v) is 20.3. The molecule has 0 unspecified atom stereocenters. The lowest BCUT2D eigenvalue weighted by atomic mass is 10.1. The standard InChI is InChI=1S/C22H24Cl4N2O3/c1-3-10-27-22(30)19(4-2)28(12-15-16(24)6-5-7-17(15)25)21(29)13-31-20-9-8-14(23)11-18(20)26/h5-9,11,19H,3-4,10,12-13H2,1-2H3,(H,27,30)/t19-/m1/s1. The van der Waals surface area contributed by atoms with Crippen LogP contribution in [0.2, 0.25) is 20.1 Å². The van der Waals surface area contributed by atoms with Crippen LogP contribution in [0.3, 0.4) is 0 Å². The van der Waals surface area contributed by atoms with Gasteiger partial charge in [0.15, 0.2) is 6.61 Å². The minimum atomic E-state index is -0.712. The van der Waals surface area contributed by atoms with E-state index in [9.17, 15) is 9.59 Å². The van der Waals surface area contributed by atoms with Crippen LogP contribution in [0.4, 0.5) is 0 Å². The van der Waals surface area contributed by atoms with Gasteiger partial charge in [-0.3, -0.25) is 9.59 Å². The Kier molecular flexibility index (Phi) is 10.2. The van der Waals surface area contributed by atoms with Crippen molar-refractivity contribution in [2.45, 2.75) is 39.3 Å². The van der Waals surface area contributed by atoms with Crippen LogP contribution in [0.1, 0.15) is 32.3 Å². The Morgan fingerprint density at radius 1 is 1.03 bits per heavy atom. The Morgan fingerprint density at radius 3 is 2.29 bits per heavy atom. The number of benzene rings is 2. The zero-order valence-electron chi connectivity index (χ0n) is 17.3. The Hall–Kier alpha value is -1.66. The van der Waals surface area contributed by atoms with Crippen molar-refractivity contribution in [2.24, 2.45) is 0 Å². The summed E-state index contributed by atoms with van der Waals surface area (Å²) in [6.07, 6.45) is 1.19. The van der Waals surface area contributed by atoms with Gasteiger partial charge >= 0.3 is 0 Å². The van der Waals surface area contributed by atoms with Crippen LogP contribution in [0.25, 0.3) is 0 Å². The fourth-order valence-corrected chi connectivity index (χ4v) is 3.93. The third kappa shape index (κ3) is 7.18. The number of nitrogens with one attached hydrogen (secondary N) is 1. The average molecular weight is 506 g/mol. The Balaban J connectivity index is 2.28. The number of hydrogen-bond acceptors (Lipinski definition) is 3. The highest BCUT2D eigenvalue weighted by atomic mass is 35.5.